The summed E-state index contributed by atoms with van der Waals surface area (Å²) in [4.78, 5) is 19.2. The molecule has 0 atom stereocenters. The molecule has 2 aromatic heterocycles. The molecule has 5 nitrogen and oxygen atoms in total. The molecule has 5 rings (SSSR count). The molecule has 4 aromatic rings. The summed E-state index contributed by atoms with van der Waals surface area (Å²) < 4.78 is 4.51. The van der Waals surface area contributed by atoms with Crippen LogP contribution in [-0.2, 0) is 13.0 Å². The molecular weight excluding hydrogens is 372 g/mol. The number of carbonyl (C=O) groups is 1. The van der Waals surface area contributed by atoms with Crippen molar-refractivity contribution in [2.45, 2.75) is 40.2 Å². The van der Waals surface area contributed by atoms with Crippen molar-refractivity contribution in [3.8, 4) is 5.69 Å². The first-order chi connectivity index (χ1) is 14.6. The summed E-state index contributed by atoms with van der Waals surface area (Å²) >= 11 is 0. The van der Waals surface area contributed by atoms with Gasteiger partial charge >= 0.3 is 0 Å². The maximum absolute atomic E-state index is 12.4. The first-order valence-electron chi connectivity index (χ1n) is 10.9. The van der Waals surface area contributed by atoms with Gasteiger partial charge in [0.2, 0.25) is 0 Å². The summed E-state index contributed by atoms with van der Waals surface area (Å²) in [6.45, 7) is 10.5. The largest absolute Gasteiger partial charge is 0.339 e. The second-order valence-corrected chi connectivity index (χ2v) is 8.21. The monoisotopic (exact) mass is 400 g/mol. The van der Waals surface area contributed by atoms with Crippen molar-refractivity contribution in [1.82, 2.24) is 19.0 Å². The van der Waals surface area contributed by atoms with Crippen molar-refractivity contribution in [3.05, 3.63) is 59.7 Å². The van der Waals surface area contributed by atoms with Crippen LogP contribution in [-0.4, -0.2) is 44.4 Å². The Labute approximate surface area is 176 Å². The number of fused-ring (bicyclic) bond motifs is 5. The van der Waals surface area contributed by atoms with Gasteiger partial charge in [-0.2, -0.15) is 0 Å². The van der Waals surface area contributed by atoms with Crippen molar-refractivity contribution in [3.63, 3.8) is 0 Å². The molecule has 30 heavy (non-hydrogen) atoms. The van der Waals surface area contributed by atoms with E-state index in [9.17, 15) is 4.79 Å². The number of nitrogens with zero attached hydrogens (tertiary/aromatic N) is 4. The van der Waals surface area contributed by atoms with E-state index < -0.39 is 0 Å². The number of imidazole rings is 1. The average molecular weight is 401 g/mol. The number of ketones is 1. The molecule has 0 spiro atoms. The predicted octanol–water partition coefficient (Wildman–Crippen LogP) is 4.76. The first-order valence-corrected chi connectivity index (χ1v) is 10.9. The van der Waals surface area contributed by atoms with Gasteiger partial charge in [0.05, 0.1) is 12.0 Å². The van der Waals surface area contributed by atoms with Gasteiger partial charge in [0, 0.05) is 58.8 Å². The molecule has 0 amide bonds. The van der Waals surface area contributed by atoms with Gasteiger partial charge in [0.25, 0.3) is 0 Å². The second kappa shape index (κ2) is 7.40. The molecule has 0 saturated heterocycles. The molecule has 5 heteroatoms. The van der Waals surface area contributed by atoms with Gasteiger partial charge in [-0.05, 0) is 62.3 Å². The lowest BCUT2D eigenvalue weighted by atomic mass is 10.0. The van der Waals surface area contributed by atoms with E-state index >= 15 is 0 Å². The van der Waals surface area contributed by atoms with Crippen LogP contribution in [0.25, 0.3) is 27.5 Å². The normalized spacial score (nSPS) is 13.8. The van der Waals surface area contributed by atoms with E-state index in [0.717, 1.165) is 49.5 Å². The molecule has 0 radical (unpaired) electrons. The fourth-order valence-corrected chi connectivity index (χ4v) is 4.89. The summed E-state index contributed by atoms with van der Waals surface area (Å²) in [6.07, 6.45) is 5.38. The van der Waals surface area contributed by atoms with Gasteiger partial charge in [-0.1, -0.05) is 13.8 Å². The minimum Gasteiger partial charge on any atom is -0.339 e. The maximum atomic E-state index is 12.4. The zero-order chi connectivity index (χ0) is 20.8. The Bertz CT molecular complexity index is 1260. The SMILES string of the molecule is CCN(CC)CCn1c2ccc(-n3cnc(C)c3)cc2c2c3c(ccc21)C(=O)CC3. The Hall–Kier alpha value is -2.92. The summed E-state index contributed by atoms with van der Waals surface area (Å²) in [5, 5.41) is 2.49. The molecular formula is C25H28N4O. The minimum atomic E-state index is 0.275. The number of carbonyl (C=O) groups excluding carboxylic acids is 1. The number of benzene rings is 2. The fraction of sp³-hybridized carbons (Fsp3) is 0.360. The van der Waals surface area contributed by atoms with E-state index in [0.29, 0.717) is 6.42 Å². The lowest BCUT2D eigenvalue weighted by Crippen LogP contribution is -2.26. The van der Waals surface area contributed by atoms with Crippen LogP contribution in [0.3, 0.4) is 0 Å². The molecule has 1 aliphatic carbocycles. The summed E-state index contributed by atoms with van der Waals surface area (Å²) in [6, 6.07) is 10.9. The lowest BCUT2D eigenvalue weighted by molar-refractivity contribution is 0.0994. The summed E-state index contributed by atoms with van der Waals surface area (Å²) in [7, 11) is 0. The Morgan fingerprint density at radius 2 is 1.87 bits per heavy atom. The van der Waals surface area contributed by atoms with Crippen LogP contribution in [0, 0.1) is 6.92 Å². The number of likely N-dealkylation sites (N-methyl/N-ethyl adjacent to an activating group) is 1. The van der Waals surface area contributed by atoms with E-state index in [2.05, 4.69) is 63.3 Å². The molecule has 2 aromatic carbocycles. The molecule has 2 heterocycles. The van der Waals surface area contributed by atoms with Gasteiger partial charge in [-0.15, -0.1) is 0 Å². The zero-order valence-electron chi connectivity index (χ0n) is 18.0. The fourth-order valence-electron chi connectivity index (χ4n) is 4.89. The smallest absolute Gasteiger partial charge is 0.163 e. The van der Waals surface area contributed by atoms with Gasteiger partial charge in [0.15, 0.2) is 5.78 Å². The van der Waals surface area contributed by atoms with Crippen LogP contribution in [0.1, 0.15) is 41.9 Å². The molecule has 0 unspecified atom stereocenters. The van der Waals surface area contributed by atoms with E-state index in [1.165, 1.54) is 27.4 Å². The molecule has 0 N–H and O–H groups in total. The lowest BCUT2D eigenvalue weighted by Gasteiger charge is -2.19. The van der Waals surface area contributed by atoms with Crippen molar-refractivity contribution in [2.24, 2.45) is 0 Å². The van der Waals surface area contributed by atoms with E-state index in [1.807, 2.05) is 19.3 Å². The quantitative estimate of drug-likeness (QED) is 0.469. The van der Waals surface area contributed by atoms with Gasteiger partial charge in [0.1, 0.15) is 0 Å². The maximum Gasteiger partial charge on any atom is 0.163 e. The Morgan fingerprint density at radius 3 is 2.60 bits per heavy atom. The van der Waals surface area contributed by atoms with E-state index in [4.69, 9.17) is 0 Å². The minimum absolute atomic E-state index is 0.275. The molecule has 0 saturated carbocycles. The van der Waals surface area contributed by atoms with Crippen molar-refractivity contribution >= 4 is 27.6 Å². The molecule has 0 aliphatic heterocycles. The number of rotatable bonds is 6. The van der Waals surface area contributed by atoms with Gasteiger partial charge in [-0.3, -0.25) is 4.79 Å². The summed E-state index contributed by atoms with van der Waals surface area (Å²) in [5.74, 6) is 0.275. The number of aromatic nitrogens is 3. The molecule has 154 valence electrons. The summed E-state index contributed by atoms with van der Waals surface area (Å²) in [5.41, 5.74) is 6.73. The van der Waals surface area contributed by atoms with Crippen LogP contribution < -0.4 is 0 Å². The van der Waals surface area contributed by atoms with Crippen LogP contribution in [0.5, 0.6) is 0 Å². The van der Waals surface area contributed by atoms with Crippen LogP contribution >= 0.6 is 0 Å². The molecule has 0 bridgehead atoms. The second-order valence-electron chi connectivity index (χ2n) is 8.21. The third-order valence-electron chi connectivity index (χ3n) is 6.57. The highest BCUT2D eigenvalue weighted by Gasteiger charge is 2.25. The molecule has 0 fully saturated rings. The Morgan fingerprint density at radius 1 is 1.07 bits per heavy atom. The topological polar surface area (TPSA) is 43.1 Å². The average Bonchev–Trinajstić information content (AvgIpc) is 3.44. The predicted molar refractivity (Wildman–Crippen MR) is 122 cm³/mol. The Kier molecular flexibility index (Phi) is 4.70. The number of hydrogen-bond donors (Lipinski definition) is 0. The van der Waals surface area contributed by atoms with Crippen molar-refractivity contribution in [2.75, 3.05) is 19.6 Å². The molecule has 1 aliphatic rings. The first kappa shape index (κ1) is 19.1. The number of hydrogen-bond acceptors (Lipinski definition) is 3. The van der Waals surface area contributed by atoms with E-state index in [-0.39, 0.29) is 5.78 Å². The van der Waals surface area contributed by atoms with Crippen molar-refractivity contribution in [1.29, 1.82) is 0 Å². The van der Waals surface area contributed by atoms with Gasteiger partial charge in [-0.25, -0.2) is 4.98 Å². The van der Waals surface area contributed by atoms with Crippen LogP contribution in [0.15, 0.2) is 42.9 Å². The van der Waals surface area contributed by atoms with Crippen molar-refractivity contribution < 1.29 is 4.79 Å². The standard InChI is InChI=1S/C25H28N4O/c1-4-27(5-2)12-13-29-22-9-6-18(28-15-17(3)26-16-28)14-21(22)25-20-8-11-24(30)19(20)7-10-23(25)29/h6-7,9-10,14-16H,4-5,8,11-13H2,1-3H3. The highest BCUT2D eigenvalue weighted by molar-refractivity contribution is 6.15. The highest BCUT2D eigenvalue weighted by atomic mass is 16.1. The third kappa shape index (κ3) is 2.96. The van der Waals surface area contributed by atoms with Gasteiger partial charge < -0.3 is 14.0 Å². The number of Topliss-reactive ketones (excluding diaryl/α,β-unsaturated/α-hetero) is 1. The zero-order valence-corrected chi connectivity index (χ0v) is 18.0. The van der Waals surface area contributed by atoms with Crippen LogP contribution in [0.4, 0.5) is 0 Å². The van der Waals surface area contributed by atoms with E-state index in [1.54, 1.807) is 0 Å². The number of aryl methyl sites for hydroxylation is 2. The third-order valence-corrected chi connectivity index (χ3v) is 6.57. The van der Waals surface area contributed by atoms with Crippen LogP contribution in [0.2, 0.25) is 0 Å². The Balaban J connectivity index is 1.73. The highest BCUT2D eigenvalue weighted by Crippen LogP contribution is 2.38.